The Hall–Kier alpha value is -2.89. The molecule has 0 saturated carbocycles. The van der Waals surface area contributed by atoms with Crippen LogP contribution in [0.3, 0.4) is 0 Å². The number of hydrogen-bond acceptors (Lipinski definition) is 3. The van der Waals surface area contributed by atoms with Gasteiger partial charge in [0.1, 0.15) is 0 Å². The minimum atomic E-state index is -0.0821. The second-order valence-electron chi connectivity index (χ2n) is 7.56. The van der Waals surface area contributed by atoms with E-state index in [1.807, 2.05) is 53.6 Å². The number of hydrogen-bond donors (Lipinski definition) is 1. The number of rotatable bonds is 5. The summed E-state index contributed by atoms with van der Waals surface area (Å²) in [5.74, 6) is 0.472. The summed E-state index contributed by atoms with van der Waals surface area (Å²) in [6.45, 7) is 6.44. The van der Waals surface area contributed by atoms with Gasteiger partial charge in [-0.3, -0.25) is 9.78 Å². The van der Waals surface area contributed by atoms with Crippen LogP contribution in [0.2, 0.25) is 0 Å². The first-order chi connectivity index (χ1) is 13.5. The SMILES string of the molecule is CC(C)C[C@H](NC(=O)N1CCN(C(=O)c2ccccc2)CC1)c1cccnc1. The van der Waals surface area contributed by atoms with Gasteiger partial charge in [0.05, 0.1) is 6.04 Å². The van der Waals surface area contributed by atoms with Gasteiger partial charge in [-0.25, -0.2) is 4.79 Å². The van der Waals surface area contributed by atoms with E-state index in [2.05, 4.69) is 24.1 Å². The van der Waals surface area contributed by atoms with Crippen molar-refractivity contribution in [3.63, 3.8) is 0 Å². The molecule has 0 bridgehead atoms. The van der Waals surface area contributed by atoms with Crippen LogP contribution in [0.15, 0.2) is 54.9 Å². The van der Waals surface area contributed by atoms with Gasteiger partial charge in [0.25, 0.3) is 5.91 Å². The van der Waals surface area contributed by atoms with Crippen molar-refractivity contribution in [2.24, 2.45) is 5.92 Å². The Morgan fingerprint density at radius 2 is 1.68 bits per heavy atom. The second-order valence-corrected chi connectivity index (χ2v) is 7.56. The Kier molecular flexibility index (Phi) is 6.63. The number of amides is 3. The van der Waals surface area contributed by atoms with Crippen molar-refractivity contribution >= 4 is 11.9 Å². The van der Waals surface area contributed by atoms with Crippen LogP contribution in [0, 0.1) is 5.92 Å². The van der Waals surface area contributed by atoms with Crippen molar-refractivity contribution in [2.75, 3.05) is 26.2 Å². The van der Waals surface area contributed by atoms with Crippen LogP contribution in [-0.4, -0.2) is 52.9 Å². The Morgan fingerprint density at radius 1 is 1.00 bits per heavy atom. The normalized spacial score (nSPS) is 15.4. The van der Waals surface area contributed by atoms with Crippen molar-refractivity contribution in [1.82, 2.24) is 20.1 Å². The van der Waals surface area contributed by atoms with Crippen molar-refractivity contribution in [3.8, 4) is 0 Å². The Balaban J connectivity index is 1.57. The number of aromatic nitrogens is 1. The van der Waals surface area contributed by atoms with Crippen LogP contribution in [0.4, 0.5) is 4.79 Å². The molecule has 6 nitrogen and oxygen atoms in total. The van der Waals surface area contributed by atoms with Gasteiger partial charge in [0.15, 0.2) is 0 Å². The molecule has 148 valence electrons. The molecule has 1 aromatic carbocycles. The smallest absolute Gasteiger partial charge is 0.318 e. The second kappa shape index (κ2) is 9.35. The predicted molar refractivity (Wildman–Crippen MR) is 109 cm³/mol. The molecule has 1 atom stereocenters. The topological polar surface area (TPSA) is 65.5 Å². The first-order valence-electron chi connectivity index (χ1n) is 9.84. The minimum absolute atomic E-state index is 0.0219. The summed E-state index contributed by atoms with van der Waals surface area (Å²) in [5.41, 5.74) is 1.71. The van der Waals surface area contributed by atoms with Crippen LogP contribution in [0.25, 0.3) is 0 Å². The van der Waals surface area contributed by atoms with E-state index >= 15 is 0 Å². The molecule has 2 aromatic rings. The summed E-state index contributed by atoms with van der Waals surface area (Å²) in [7, 11) is 0. The molecule has 0 aliphatic carbocycles. The monoisotopic (exact) mass is 380 g/mol. The summed E-state index contributed by atoms with van der Waals surface area (Å²) < 4.78 is 0. The molecule has 0 radical (unpaired) electrons. The molecule has 28 heavy (non-hydrogen) atoms. The molecule has 0 spiro atoms. The van der Waals surface area contributed by atoms with Crippen LogP contribution in [0.5, 0.6) is 0 Å². The highest BCUT2D eigenvalue weighted by Gasteiger charge is 2.26. The largest absolute Gasteiger partial charge is 0.335 e. The van der Waals surface area contributed by atoms with Crippen molar-refractivity contribution in [1.29, 1.82) is 0 Å². The number of nitrogens with one attached hydrogen (secondary N) is 1. The highest BCUT2D eigenvalue weighted by Crippen LogP contribution is 2.21. The first-order valence-corrected chi connectivity index (χ1v) is 9.84. The van der Waals surface area contributed by atoms with E-state index in [9.17, 15) is 9.59 Å². The molecule has 6 heteroatoms. The van der Waals surface area contributed by atoms with Gasteiger partial charge in [-0.2, -0.15) is 0 Å². The molecule has 2 heterocycles. The molecule has 1 N–H and O–H groups in total. The van der Waals surface area contributed by atoms with Crippen molar-refractivity contribution in [2.45, 2.75) is 26.3 Å². The van der Waals surface area contributed by atoms with Crippen molar-refractivity contribution < 1.29 is 9.59 Å². The minimum Gasteiger partial charge on any atom is -0.335 e. The average Bonchev–Trinajstić information content (AvgIpc) is 2.74. The summed E-state index contributed by atoms with van der Waals surface area (Å²) >= 11 is 0. The molecule has 1 fully saturated rings. The van der Waals surface area contributed by atoms with Crippen LogP contribution < -0.4 is 5.32 Å². The van der Waals surface area contributed by atoms with E-state index in [1.54, 1.807) is 11.1 Å². The third kappa shape index (κ3) is 5.09. The van der Waals surface area contributed by atoms with Gasteiger partial charge in [0, 0.05) is 44.1 Å². The lowest BCUT2D eigenvalue weighted by Crippen LogP contribution is -2.53. The molecular formula is C22H28N4O2. The van der Waals surface area contributed by atoms with Crippen LogP contribution >= 0.6 is 0 Å². The Labute approximate surface area is 166 Å². The van der Waals surface area contributed by atoms with E-state index in [-0.39, 0.29) is 18.0 Å². The molecule has 1 aromatic heterocycles. The number of nitrogens with zero attached hydrogens (tertiary/aromatic N) is 3. The highest BCUT2D eigenvalue weighted by molar-refractivity contribution is 5.94. The third-order valence-electron chi connectivity index (χ3n) is 4.97. The fraction of sp³-hybridized carbons (Fsp3) is 0.409. The summed E-state index contributed by atoms with van der Waals surface area (Å²) in [4.78, 5) is 33.1. The van der Waals surface area contributed by atoms with E-state index in [0.29, 0.717) is 37.7 Å². The maximum atomic E-state index is 12.8. The van der Waals surface area contributed by atoms with Crippen LogP contribution in [-0.2, 0) is 0 Å². The fourth-order valence-corrected chi connectivity index (χ4v) is 3.45. The number of piperazine rings is 1. The van der Waals surface area contributed by atoms with E-state index in [1.165, 1.54) is 0 Å². The van der Waals surface area contributed by atoms with E-state index in [0.717, 1.165) is 12.0 Å². The molecule has 0 unspecified atom stereocenters. The van der Waals surface area contributed by atoms with Gasteiger partial charge in [-0.15, -0.1) is 0 Å². The summed E-state index contributed by atoms with van der Waals surface area (Å²) in [6, 6.07) is 13.0. The number of pyridine rings is 1. The fourth-order valence-electron chi connectivity index (χ4n) is 3.45. The van der Waals surface area contributed by atoms with Gasteiger partial charge < -0.3 is 15.1 Å². The zero-order valence-electron chi connectivity index (χ0n) is 16.5. The number of carbonyl (C=O) groups is 2. The molecule has 3 amide bonds. The molecule has 1 saturated heterocycles. The maximum absolute atomic E-state index is 12.8. The molecular weight excluding hydrogens is 352 g/mol. The zero-order chi connectivity index (χ0) is 19.9. The van der Waals surface area contributed by atoms with Gasteiger partial charge in [-0.1, -0.05) is 38.1 Å². The molecule has 1 aliphatic heterocycles. The Bertz CT molecular complexity index is 772. The highest BCUT2D eigenvalue weighted by atomic mass is 16.2. The average molecular weight is 380 g/mol. The maximum Gasteiger partial charge on any atom is 0.318 e. The predicted octanol–water partition coefficient (Wildman–Crippen LogP) is 3.34. The van der Waals surface area contributed by atoms with E-state index < -0.39 is 0 Å². The van der Waals surface area contributed by atoms with E-state index in [4.69, 9.17) is 0 Å². The first kappa shape index (κ1) is 19.9. The molecule has 3 rings (SSSR count). The molecule has 1 aliphatic rings. The lowest BCUT2D eigenvalue weighted by molar-refractivity contribution is 0.0663. The number of benzene rings is 1. The lowest BCUT2D eigenvalue weighted by atomic mass is 9.98. The van der Waals surface area contributed by atoms with Gasteiger partial charge in [-0.05, 0) is 36.1 Å². The number of carbonyl (C=O) groups excluding carboxylic acids is 2. The van der Waals surface area contributed by atoms with Gasteiger partial charge >= 0.3 is 6.03 Å². The quantitative estimate of drug-likeness (QED) is 0.865. The van der Waals surface area contributed by atoms with Gasteiger partial charge in [0.2, 0.25) is 0 Å². The summed E-state index contributed by atoms with van der Waals surface area (Å²) in [6.07, 6.45) is 4.40. The third-order valence-corrected chi connectivity index (χ3v) is 4.97. The van der Waals surface area contributed by atoms with Crippen LogP contribution in [0.1, 0.15) is 42.2 Å². The summed E-state index contributed by atoms with van der Waals surface area (Å²) in [5, 5.41) is 3.15. The van der Waals surface area contributed by atoms with Crippen molar-refractivity contribution in [3.05, 3.63) is 66.0 Å². The number of urea groups is 1. The standard InChI is InChI=1S/C22H28N4O2/c1-17(2)15-20(19-9-6-10-23-16-19)24-22(28)26-13-11-25(12-14-26)21(27)18-7-4-3-5-8-18/h3-10,16-17,20H,11-15H2,1-2H3,(H,24,28)/t20-/m0/s1. The zero-order valence-corrected chi connectivity index (χ0v) is 16.5. The lowest BCUT2D eigenvalue weighted by Gasteiger charge is -2.35. The Morgan fingerprint density at radius 3 is 2.29 bits per heavy atom.